The minimum Gasteiger partial charge on any atom is -1.00 e. The Labute approximate surface area is 94.3 Å². The van der Waals surface area contributed by atoms with Gasteiger partial charge in [0, 0.05) is 0 Å². The standard InChI is InChI=1S/2C5H5.B.Ti/c2*1-2-4-5-3-1;;/h2*1-5H;;/q;;-1;+3. The summed E-state index contributed by atoms with van der Waals surface area (Å²) in [5, 5.41) is 0. The molecule has 0 atom stereocenters. The molecule has 0 amide bonds. The van der Waals surface area contributed by atoms with Crippen molar-refractivity contribution in [3.8, 4) is 0 Å². The normalized spacial score (nSPS) is 20.0. The molecule has 2 aliphatic carbocycles. The predicted molar refractivity (Wildman–Crippen MR) is 48.8 cm³/mol. The molecular weight excluding hydrogens is 179 g/mol. The number of hydrogen-bond acceptors (Lipinski definition) is 0. The number of rotatable bonds is 0. The molecule has 0 aromatic rings. The van der Waals surface area contributed by atoms with Gasteiger partial charge < -0.3 is 8.41 Å². The van der Waals surface area contributed by atoms with Crippen LogP contribution in [0.2, 0.25) is 0 Å². The fraction of sp³-hybridized carbons (Fsp3) is 0. The van der Waals surface area contributed by atoms with Gasteiger partial charge in [-0.05, 0) is 64.2 Å². The zero-order chi connectivity index (χ0) is 7.07. The molecule has 55 valence electrons. The van der Waals surface area contributed by atoms with Crippen molar-refractivity contribution in [2.75, 3.05) is 0 Å². The van der Waals surface area contributed by atoms with Gasteiger partial charge in [-0.15, -0.1) is 0 Å². The van der Waals surface area contributed by atoms with Crippen LogP contribution in [0.25, 0.3) is 0 Å². The first-order chi connectivity index (χ1) is 5.00. The van der Waals surface area contributed by atoms with Crippen LogP contribution >= 0.6 is 0 Å². The SMILES string of the molecule is [B-].[CH]1[CH][CH][CH][CH]1.[CH]1[CH][CH][CH][CH]1.[Ti+3]. The molecule has 0 aromatic carbocycles. The fourth-order valence-electron chi connectivity index (χ4n) is 0.642. The van der Waals surface area contributed by atoms with E-state index in [-0.39, 0.29) is 30.1 Å². The third-order valence-corrected chi connectivity index (χ3v) is 1.11. The van der Waals surface area contributed by atoms with E-state index >= 15 is 0 Å². The van der Waals surface area contributed by atoms with Crippen molar-refractivity contribution < 1.29 is 21.7 Å². The molecule has 15 radical (unpaired) electrons. The molecule has 0 N–H and O–H groups in total. The van der Waals surface area contributed by atoms with Gasteiger partial charge in [-0.1, -0.05) is 0 Å². The second kappa shape index (κ2) is 11.8. The molecule has 2 fully saturated rings. The van der Waals surface area contributed by atoms with Gasteiger partial charge in [-0.25, -0.2) is 0 Å². The topological polar surface area (TPSA) is 0 Å². The zero-order valence-corrected chi connectivity index (χ0v) is 8.41. The summed E-state index contributed by atoms with van der Waals surface area (Å²) in [4.78, 5) is 0. The van der Waals surface area contributed by atoms with Crippen LogP contribution in [0.4, 0.5) is 0 Å². The Balaban J connectivity index is 0. The predicted octanol–water partition coefficient (Wildman–Crippen LogP) is 1.66. The van der Waals surface area contributed by atoms with Gasteiger partial charge in [0.05, 0.1) is 0 Å². The van der Waals surface area contributed by atoms with Crippen molar-refractivity contribution in [1.82, 2.24) is 0 Å². The van der Waals surface area contributed by atoms with Crippen LogP contribution in [-0.2, 0) is 21.7 Å². The van der Waals surface area contributed by atoms with Crippen LogP contribution in [0.3, 0.4) is 0 Å². The van der Waals surface area contributed by atoms with Crippen molar-refractivity contribution in [2.45, 2.75) is 0 Å². The van der Waals surface area contributed by atoms with E-state index in [1.165, 1.54) is 0 Å². The molecule has 0 aromatic heterocycles. The van der Waals surface area contributed by atoms with Crippen molar-refractivity contribution in [3.63, 3.8) is 0 Å². The quantitative estimate of drug-likeness (QED) is 0.508. The Morgan fingerprint density at radius 2 is 0.417 bits per heavy atom. The molecule has 2 heteroatoms. The summed E-state index contributed by atoms with van der Waals surface area (Å²) in [7, 11) is 0. The summed E-state index contributed by atoms with van der Waals surface area (Å²) in [6.07, 6.45) is 20.0. The van der Waals surface area contributed by atoms with Crippen molar-refractivity contribution in [2.24, 2.45) is 0 Å². The third kappa shape index (κ3) is 8.87. The molecule has 0 heterocycles. The largest absolute Gasteiger partial charge is 3.00 e. The molecule has 0 saturated heterocycles. The smallest absolute Gasteiger partial charge is 1.00 e. The molecule has 0 nitrogen and oxygen atoms in total. The summed E-state index contributed by atoms with van der Waals surface area (Å²) in [5.41, 5.74) is 0. The van der Waals surface area contributed by atoms with Crippen molar-refractivity contribution in [3.05, 3.63) is 64.2 Å². The molecule has 0 spiro atoms. The van der Waals surface area contributed by atoms with Crippen molar-refractivity contribution >= 4 is 8.41 Å². The van der Waals surface area contributed by atoms with Gasteiger partial charge in [0.25, 0.3) is 0 Å². The van der Waals surface area contributed by atoms with Crippen LogP contribution in [0, 0.1) is 64.2 Å². The maximum atomic E-state index is 2.00. The Morgan fingerprint density at radius 3 is 0.500 bits per heavy atom. The Kier molecular flexibility index (Phi) is 15.0. The zero-order valence-electron chi connectivity index (χ0n) is 6.85. The Hall–Kier alpha value is 0.779. The molecule has 0 bridgehead atoms. The average Bonchev–Trinajstić information content (AvgIpc) is 2.67. The average molecular weight is 189 g/mol. The van der Waals surface area contributed by atoms with E-state index in [4.69, 9.17) is 0 Å². The summed E-state index contributed by atoms with van der Waals surface area (Å²) < 4.78 is 0. The second-order valence-electron chi connectivity index (χ2n) is 1.92. The van der Waals surface area contributed by atoms with Crippen LogP contribution in [0.15, 0.2) is 0 Å². The Morgan fingerprint density at radius 1 is 0.333 bits per heavy atom. The summed E-state index contributed by atoms with van der Waals surface area (Å²) >= 11 is 0. The van der Waals surface area contributed by atoms with E-state index in [1.807, 2.05) is 64.2 Å². The van der Waals surface area contributed by atoms with Crippen LogP contribution in [0.1, 0.15) is 0 Å². The molecule has 12 heavy (non-hydrogen) atoms. The maximum Gasteiger partial charge on any atom is 3.00 e. The first-order valence-corrected chi connectivity index (χ1v) is 3.33. The summed E-state index contributed by atoms with van der Waals surface area (Å²) in [6.45, 7) is 0. The summed E-state index contributed by atoms with van der Waals surface area (Å²) in [6, 6.07) is 0. The van der Waals surface area contributed by atoms with Gasteiger partial charge >= 0.3 is 21.7 Å². The molecule has 0 aliphatic heterocycles. The molecular formula is C10H10BTi+2. The van der Waals surface area contributed by atoms with Crippen LogP contribution in [-0.4, -0.2) is 8.41 Å². The molecule has 2 saturated carbocycles. The summed E-state index contributed by atoms with van der Waals surface area (Å²) in [5.74, 6) is 0. The maximum absolute atomic E-state index is 2.00. The van der Waals surface area contributed by atoms with Gasteiger partial charge in [-0.2, -0.15) is 0 Å². The Bertz CT molecular complexity index is 43.0. The van der Waals surface area contributed by atoms with Gasteiger partial charge in [0.2, 0.25) is 0 Å². The molecule has 0 unspecified atom stereocenters. The van der Waals surface area contributed by atoms with Gasteiger partial charge in [0.1, 0.15) is 0 Å². The minimum absolute atomic E-state index is 0. The third-order valence-electron chi connectivity index (χ3n) is 1.11. The fourth-order valence-corrected chi connectivity index (χ4v) is 0.642. The van der Waals surface area contributed by atoms with Crippen LogP contribution < -0.4 is 0 Å². The minimum atomic E-state index is 0. The van der Waals surface area contributed by atoms with E-state index in [9.17, 15) is 0 Å². The van der Waals surface area contributed by atoms with Gasteiger partial charge in [0.15, 0.2) is 0 Å². The van der Waals surface area contributed by atoms with Crippen molar-refractivity contribution in [1.29, 1.82) is 0 Å². The number of hydrogen-bond donors (Lipinski definition) is 0. The van der Waals surface area contributed by atoms with E-state index < -0.39 is 0 Å². The first-order valence-electron chi connectivity index (χ1n) is 3.33. The molecule has 2 rings (SSSR count). The molecule has 2 aliphatic rings. The monoisotopic (exact) mass is 189 g/mol. The van der Waals surface area contributed by atoms with Crippen LogP contribution in [0.5, 0.6) is 0 Å². The first kappa shape index (κ1) is 15.3. The van der Waals surface area contributed by atoms with E-state index in [0.717, 1.165) is 0 Å². The van der Waals surface area contributed by atoms with E-state index in [1.54, 1.807) is 0 Å². The van der Waals surface area contributed by atoms with E-state index in [2.05, 4.69) is 0 Å². The second-order valence-corrected chi connectivity index (χ2v) is 1.92. The van der Waals surface area contributed by atoms with Gasteiger partial charge in [-0.3, -0.25) is 0 Å². The van der Waals surface area contributed by atoms with E-state index in [0.29, 0.717) is 0 Å².